The Morgan fingerprint density at radius 1 is 0.391 bits per heavy atom. The fourth-order valence-corrected chi connectivity index (χ4v) is 11.0. The van der Waals surface area contributed by atoms with E-state index in [1.807, 2.05) is 11.3 Å². The first kappa shape index (κ1) is 37.7. The molecule has 0 bridgehead atoms. The van der Waals surface area contributed by atoms with Crippen LogP contribution < -0.4 is 9.88 Å². The molecule has 4 heteroatoms. The minimum absolute atomic E-state index is 0.514. The molecular formula is C60H42N3S+. The number of aromatic amines is 1. The smallest absolute Gasteiger partial charge is 0.292 e. The van der Waals surface area contributed by atoms with Gasteiger partial charge in [0, 0.05) is 26.8 Å². The SMILES string of the molecule is c1ccc(-c2ccc(-c3ccc(N(c4ccc(-c5[nH+]c6ccccc6n5-c5ccccc5)cc4)c4ccc5c(c4)C(c4ccccc4)(c4ccccc4)c4ccccc4-5)cc3)s2)cc1. The number of nitrogens with zero attached hydrogens (tertiary/aromatic N) is 2. The molecule has 3 nitrogen and oxygen atoms in total. The van der Waals surface area contributed by atoms with E-state index in [1.54, 1.807) is 0 Å². The summed E-state index contributed by atoms with van der Waals surface area (Å²) in [5.41, 5.74) is 17.2. The lowest BCUT2D eigenvalue weighted by atomic mass is 9.67. The highest BCUT2D eigenvalue weighted by molar-refractivity contribution is 7.18. The van der Waals surface area contributed by atoms with Gasteiger partial charge in [0.15, 0.2) is 11.0 Å². The minimum atomic E-state index is -0.514. The molecule has 0 amide bonds. The summed E-state index contributed by atoms with van der Waals surface area (Å²) in [5.74, 6) is 1.03. The molecule has 1 aliphatic rings. The Morgan fingerprint density at radius 3 is 1.55 bits per heavy atom. The number of hydrogen-bond donors (Lipinski definition) is 0. The van der Waals surface area contributed by atoms with Gasteiger partial charge in [0.1, 0.15) is 5.69 Å². The summed E-state index contributed by atoms with van der Waals surface area (Å²) in [4.78, 5) is 8.68. The summed E-state index contributed by atoms with van der Waals surface area (Å²) < 4.78 is 2.32. The Hall–Kier alpha value is -8.05. The average molecular weight is 837 g/mol. The van der Waals surface area contributed by atoms with E-state index in [4.69, 9.17) is 0 Å². The summed E-state index contributed by atoms with van der Waals surface area (Å²) >= 11 is 1.83. The zero-order chi connectivity index (χ0) is 42.5. The van der Waals surface area contributed by atoms with E-state index in [9.17, 15) is 0 Å². The summed E-state index contributed by atoms with van der Waals surface area (Å²) in [6.07, 6.45) is 0. The van der Waals surface area contributed by atoms with Crippen molar-refractivity contribution in [2.75, 3.05) is 4.90 Å². The summed E-state index contributed by atoms with van der Waals surface area (Å²) in [5, 5.41) is 0. The van der Waals surface area contributed by atoms with Crippen molar-refractivity contribution < 1.29 is 4.98 Å². The Kier molecular flexibility index (Phi) is 9.24. The third kappa shape index (κ3) is 6.22. The van der Waals surface area contributed by atoms with Gasteiger partial charge in [0.2, 0.25) is 0 Å². The lowest BCUT2D eigenvalue weighted by molar-refractivity contribution is -0.331. The van der Waals surface area contributed by atoms with Gasteiger partial charge in [0.05, 0.1) is 11.0 Å². The number of fused-ring (bicyclic) bond motifs is 4. The van der Waals surface area contributed by atoms with Gasteiger partial charge in [-0.25, -0.2) is 4.98 Å². The van der Waals surface area contributed by atoms with Crippen LogP contribution in [0.3, 0.4) is 0 Å². The largest absolute Gasteiger partial charge is 0.310 e. The molecule has 11 aromatic rings. The predicted molar refractivity (Wildman–Crippen MR) is 266 cm³/mol. The molecule has 0 radical (unpaired) electrons. The summed E-state index contributed by atoms with van der Waals surface area (Å²) in [6.45, 7) is 0. The Bertz CT molecular complexity index is 3370. The van der Waals surface area contributed by atoms with Gasteiger partial charge in [-0.2, -0.15) is 4.57 Å². The van der Waals surface area contributed by atoms with Crippen molar-refractivity contribution >= 4 is 39.4 Å². The van der Waals surface area contributed by atoms with E-state index in [0.29, 0.717) is 0 Å². The number of nitrogens with one attached hydrogen (secondary N) is 1. The molecular weight excluding hydrogens is 795 g/mol. The van der Waals surface area contributed by atoms with Crippen LogP contribution in [-0.2, 0) is 5.41 Å². The third-order valence-electron chi connectivity index (χ3n) is 12.8. The van der Waals surface area contributed by atoms with Crippen LogP contribution in [0.5, 0.6) is 0 Å². The Labute approximate surface area is 377 Å². The lowest BCUT2D eigenvalue weighted by Crippen LogP contribution is -2.28. The molecule has 12 rings (SSSR count). The number of rotatable bonds is 9. The van der Waals surface area contributed by atoms with Crippen LogP contribution in [0.15, 0.2) is 249 Å². The maximum atomic E-state index is 3.75. The highest BCUT2D eigenvalue weighted by Gasteiger charge is 2.46. The number of H-pyrrole nitrogens is 1. The number of benzene rings is 9. The maximum Gasteiger partial charge on any atom is 0.292 e. The number of aromatic nitrogens is 2. The molecule has 0 fully saturated rings. The fourth-order valence-electron chi connectivity index (χ4n) is 9.94. The maximum absolute atomic E-state index is 3.75. The molecule has 0 unspecified atom stereocenters. The second-order valence-corrected chi connectivity index (χ2v) is 17.5. The second kappa shape index (κ2) is 15.7. The molecule has 0 atom stereocenters. The van der Waals surface area contributed by atoms with Crippen LogP contribution in [-0.4, -0.2) is 4.57 Å². The van der Waals surface area contributed by atoms with Crippen LogP contribution in [0.25, 0.3) is 60.1 Å². The zero-order valence-corrected chi connectivity index (χ0v) is 35.8. The number of para-hydroxylation sites is 3. The van der Waals surface area contributed by atoms with E-state index >= 15 is 0 Å². The van der Waals surface area contributed by atoms with Gasteiger partial charge in [-0.05, 0) is 129 Å². The zero-order valence-electron chi connectivity index (χ0n) is 35.0. The highest BCUT2D eigenvalue weighted by Crippen LogP contribution is 2.57. The molecule has 0 aliphatic heterocycles. The number of hydrogen-bond acceptors (Lipinski definition) is 2. The summed E-state index contributed by atoms with van der Waals surface area (Å²) in [6, 6.07) is 90.5. The van der Waals surface area contributed by atoms with E-state index < -0.39 is 5.41 Å². The normalized spacial score (nSPS) is 12.5. The Balaban J connectivity index is 1.02. The quantitative estimate of drug-likeness (QED) is 0.142. The molecule has 2 aromatic heterocycles. The van der Waals surface area contributed by atoms with Crippen molar-refractivity contribution in [3.05, 3.63) is 271 Å². The van der Waals surface area contributed by atoms with Gasteiger partial charge in [-0.3, -0.25) is 0 Å². The molecule has 302 valence electrons. The first-order valence-electron chi connectivity index (χ1n) is 21.8. The molecule has 0 saturated heterocycles. The molecule has 0 spiro atoms. The lowest BCUT2D eigenvalue weighted by Gasteiger charge is -2.35. The van der Waals surface area contributed by atoms with E-state index in [1.165, 1.54) is 54.3 Å². The van der Waals surface area contributed by atoms with Crippen LogP contribution in [0.1, 0.15) is 22.3 Å². The number of anilines is 3. The van der Waals surface area contributed by atoms with Gasteiger partial charge in [-0.15, -0.1) is 11.3 Å². The van der Waals surface area contributed by atoms with Crippen molar-refractivity contribution in [3.63, 3.8) is 0 Å². The van der Waals surface area contributed by atoms with Crippen molar-refractivity contribution in [1.29, 1.82) is 0 Å². The molecule has 0 saturated carbocycles. The first-order chi connectivity index (χ1) is 31.7. The van der Waals surface area contributed by atoms with Gasteiger partial charge in [0.25, 0.3) is 5.82 Å². The topological polar surface area (TPSA) is 22.3 Å². The third-order valence-corrected chi connectivity index (χ3v) is 14.0. The highest BCUT2D eigenvalue weighted by atomic mass is 32.1. The summed E-state index contributed by atoms with van der Waals surface area (Å²) in [7, 11) is 0. The van der Waals surface area contributed by atoms with Gasteiger partial charge in [-0.1, -0.05) is 164 Å². The standard InChI is InChI=1S/C60H41N3S/c1-5-17-42(18-6-1)57-39-40-58(64-57)43-29-33-48(34-30-43)62(49-35-31-44(32-36-49)59-61-55-27-15-16-28-56(55)63(59)47-23-11-4-12-24-47)50-37-38-52-51-25-13-14-26-53(51)60(54(52)41-50,45-19-7-2-8-20-45)46-21-9-3-10-22-46/h1-41H/p+1. The second-order valence-electron chi connectivity index (χ2n) is 16.4. The van der Waals surface area contributed by atoms with Crippen LogP contribution in [0.4, 0.5) is 17.1 Å². The van der Waals surface area contributed by atoms with Gasteiger partial charge >= 0.3 is 0 Å². The first-order valence-corrected chi connectivity index (χ1v) is 22.7. The van der Waals surface area contributed by atoms with Crippen molar-refractivity contribution in [1.82, 2.24) is 4.57 Å². The van der Waals surface area contributed by atoms with Crippen LogP contribution >= 0.6 is 11.3 Å². The minimum Gasteiger partial charge on any atom is -0.310 e. The molecule has 2 heterocycles. The van der Waals surface area contributed by atoms with Crippen LogP contribution in [0.2, 0.25) is 0 Å². The monoisotopic (exact) mass is 836 g/mol. The van der Waals surface area contributed by atoms with Crippen molar-refractivity contribution in [3.8, 4) is 49.1 Å². The van der Waals surface area contributed by atoms with Crippen molar-refractivity contribution in [2.45, 2.75) is 5.41 Å². The fraction of sp³-hybridized carbons (Fsp3) is 0.0167. The van der Waals surface area contributed by atoms with Crippen molar-refractivity contribution in [2.24, 2.45) is 0 Å². The van der Waals surface area contributed by atoms with E-state index in [-0.39, 0.29) is 0 Å². The number of imidazole rings is 1. The molecule has 1 aliphatic carbocycles. The van der Waals surface area contributed by atoms with Crippen LogP contribution in [0, 0.1) is 0 Å². The molecule has 9 aromatic carbocycles. The van der Waals surface area contributed by atoms with E-state index in [2.05, 4.69) is 263 Å². The van der Waals surface area contributed by atoms with E-state index in [0.717, 1.165) is 45.2 Å². The van der Waals surface area contributed by atoms with Gasteiger partial charge < -0.3 is 4.90 Å². The Morgan fingerprint density at radius 2 is 0.891 bits per heavy atom. The molecule has 1 N–H and O–H groups in total. The average Bonchev–Trinajstić information content (AvgIpc) is 4.10. The molecule has 64 heavy (non-hydrogen) atoms. The predicted octanol–water partition coefficient (Wildman–Crippen LogP) is 15.3. The number of thiophene rings is 1.